The van der Waals surface area contributed by atoms with Gasteiger partial charge in [0.05, 0.1) is 20.9 Å². The van der Waals surface area contributed by atoms with Gasteiger partial charge in [-0.15, -0.1) is 0 Å². The summed E-state index contributed by atoms with van der Waals surface area (Å²) in [5, 5.41) is 4.75. The molecule has 0 saturated carbocycles. The van der Waals surface area contributed by atoms with Gasteiger partial charge < -0.3 is 11.1 Å². The molecule has 0 amide bonds. The van der Waals surface area contributed by atoms with Crippen molar-refractivity contribution in [3.8, 4) is 0 Å². The van der Waals surface area contributed by atoms with E-state index in [1.54, 1.807) is 11.3 Å². The second-order valence-electron chi connectivity index (χ2n) is 4.35. The smallest absolute Gasteiger partial charge is 0.188 e. The van der Waals surface area contributed by atoms with Crippen molar-refractivity contribution in [2.45, 2.75) is 6.92 Å². The predicted molar refractivity (Wildman–Crippen MR) is 83.5 cm³/mol. The number of aryl methyl sites for hydroxylation is 1. The minimum absolute atomic E-state index is 0.685. The molecule has 0 unspecified atom stereocenters. The molecule has 1 heterocycles. The number of nitrogens with two attached hydrogens (primary N) is 1. The first kappa shape index (κ1) is 12.3. The third-order valence-electron chi connectivity index (χ3n) is 2.78. The summed E-state index contributed by atoms with van der Waals surface area (Å²) >= 11 is 7.72. The minimum atomic E-state index is 0.685. The van der Waals surface area contributed by atoms with E-state index < -0.39 is 0 Å². The molecule has 0 radical (unpaired) electrons. The summed E-state index contributed by atoms with van der Waals surface area (Å²) in [6, 6.07) is 11.6. The van der Waals surface area contributed by atoms with Gasteiger partial charge in [0.2, 0.25) is 0 Å². The standard InChI is InChI=1S/C14H12ClN3S/c1-8-2-4-10(15)12(6-8)18-14-17-11-5-3-9(16)7-13(11)19-14/h2-7H,16H2,1H3,(H,17,18). The Bertz CT molecular complexity index is 752. The molecular formula is C14H12ClN3S. The number of hydrogen-bond donors (Lipinski definition) is 2. The molecular weight excluding hydrogens is 278 g/mol. The van der Waals surface area contributed by atoms with Crippen LogP contribution in [0.1, 0.15) is 5.56 Å². The van der Waals surface area contributed by atoms with E-state index in [1.165, 1.54) is 0 Å². The van der Waals surface area contributed by atoms with E-state index in [1.807, 2.05) is 43.3 Å². The Labute approximate surface area is 120 Å². The molecule has 0 atom stereocenters. The maximum Gasteiger partial charge on any atom is 0.188 e. The molecule has 0 saturated heterocycles. The first-order valence-corrected chi connectivity index (χ1v) is 7.00. The molecule has 3 aromatic rings. The van der Waals surface area contributed by atoms with Gasteiger partial charge in [0.15, 0.2) is 5.13 Å². The summed E-state index contributed by atoms with van der Waals surface area (Å²) in [6.07, 6.45) is 0. The highest BCUT2D eigenvalue weighted by Gasteiger charge is 2.06. The van der Waals surface area contributed by atoms with E-state index in [4.69, 9.17) is 17.3 Å². The lowest BCUT2D eigenvalue weighted by molar-refractivity contribution is 1.41. The summed E-state index contributed by atoms with van der Waals surface area (Å²) in [6.45, 7) is 2.03. The molecule has 3 nitrogen and oxygen atoms in total. The highest BCUT2D eigenvalue weighted by Crippen LogP contribution is 2.32. The van der Waals surface area contributed by atoms with Gasteiger partial charge in [-0.3, -0.25) is 0 Å². The maximum atomic E-state index is 6.16. The van der Waals surface area contributed by atoms with Crippen molar-refractivity contribution in [1.29, 1.82) is 0 Å². The van der Waals surface area contributed by atoms with Crippen molar-refractivity contribution < 1.29 is 0 Å². The zero-order valence-corrected chi connectivity index (χ0v) is 11.8. The van der Waals surface area contributed by atoms with Crippen molar-refractivity contribution in [2.75, 3.05) is 11.1 Å². The SMILES string of the molecule is Cc1ccc(Cl)c(Nc2nc3ccc(N)cc3s2)c1. The monoisotopic (exact) mass is 289 g/mol. The molecule has 0 spiro atoms. The van der Waals surface area contributed by atoms with Gasteiger partial charge in [0, 0.05) is 5.69 Å². The van der Waals surface area contributed by atoms with Crippen LogP contribution < -0.4 is 11.1 Å². The largest absolute Gasteiger partial charge is 0.399 e. The number of nitrogens with one attached hydrogen (secondary N) is 1. The topological polar surface area (TPSA) is 50.9 Å². The van der Waals surface area contributed by atoms with Gasteiger partial charge in [-0.1, -0.05) is 29.0 Å². The first-order chi connectivity index (χ1) is 9.11. The quantitative estimate of drug-likeness (QED) is 0.679. The number of anilines is 3. The van der Waals surface area contributed by atoms with E-state index in [0.717, 1.165) is 32.3 Å². The molecule has 96 valence electrons. The van der Waals surface area contributed by atoms with Crippen LogP contribution in [0.4, 0.5) is 16.5 Å². The van der Waals surface area contributed by atoms with Crippen LogP contribution in [0.25, 0.3) is 10.2 Å². The molecule has 3 N–H and O–H groups in total. The fraction of sp³-hybridized carbons (Fsp3) is 0.0714. The van der Waals surface area contributed by atoms with E-state index >= 15 is 0 Å². The molecule has 0 bridgehead atoms. The van der Waals surface area contributed by atoms with Gasteiger partial charge in [-0.25, -0.2) is 4.98 Å². The number of nitrogens with zero attached hydrogens (tertiary/aromatic N) is 1. The van der Waals surface area contributed by atoms with Crippen molar-refractivity contribution in [3.63, 3.8) is 0 Å². The summed E-state index contributed by atoms with van der Waals surface area (Å²) in [5.41, 5.74) is 9.47. The Morgan fingerprint density at radius 2 is 2.05 bits per heavy atom. The van der Waals surface area contributed by atoms with Crippen LogP contribution in [0.5, 0.6) is 0 Å². The molecule has 0 aliphatic rings. The van der Waals surface area contributed by atoms with Crippen LogP contribution >= 0.6 is 22.9 Å². The van der Waals surface area contributed by atoms with E-state index in [-0.39, 0.29) is 0 Å². The maximum absolute atomic E-state index is 6.16. The van der Waals surface area contributed by atoms with Crippen LogP contribution in [-0.2, 0) is 0 Å². The number of fused-ring (bicyclic) bond motifs is 1. The van der Waals surface area contributed by atoms with Gasteiger partial charge >= 0.3 is 0 Å². The van der Waals surface area contributed by atoms with E-state index in [0.29, 0.717) is 5.02 Å². The van der Waals surface area contributed by atoms with Gasteiger partial charge in [0.1, 0.15) is 0 Å². The fourth-order valence-corrected chi connectivity index (χ4v) is 2.94. The second kappa shape index (κ2) is 4.72. The zero-order valence-electron chi connectivity index (χ0n) is 10.3. The van der Waals surface area contributed by atoms with E-state index in [2.05, 4.69) is 10.3 Å². The van der Waals surface area contributed by atoms with Gasteiger partial charge in [-0.05, 0) is 42.8 Å². The molecule has 19 heavy (non-hydrogen) atoms. The number of rotatable bonds is 2. The number of hydrogen-bond acceptors (Lipinski definition) is 4. The number of thiazole rings is 1. The Morgan fingerprint density at radius 3 is 2.89 bits per heavy atom. The zero-order chi connectivity index (χ0) is 13.4. The number of benzene rings is 2. The summed E-state index contributed by atoms with van der Waals surface area (Å²) in [7, 11) is 0. The summed E-state index contributed by atoms with van der Waals surface area (Å²) < 4.78 is 1.06. The molecule has 0 fully saturated rings. The minimum Gasteiger partial charge on any atom is -0.399 e. The molecule has 0 aliphatic carbocycles. The molecule has 2 aromatic carbocycles. The number of nitrogen functional groups attached to an aromatic ring is 1. The lowest BCUT2D eigenvalue weighted by Crippen LogP contribution is -1.90. The van der Waals surface area contributed by atoms with E-state index in [9.17, 15) is 0 Å². The lowest BCUT2D eigenvalue weighted by atomic mass is 10.2. The molecule has 1 aromatic heterocycles. The van der Waals surface area contributed by atoms with Crippen LogP contribution in [0.3, 0.4) is 0 Å². The number of halogens is 1. The Hall–Kier alpha value is -1.78. The van der Waals surface area contributed by atoms with Crippen LogP contribution in [0, 0.1) is 6.92 Å². The summed E-state index contributed by atoms with van der Waals surface area (Å²) in [4.78, 5) is 4.51. The van der Waals surface area contributed by atoms with Gasteiger partial charge in [-0.2, -0.15) is 0 Å². The third-order valence-corrected chi connectivity index (χ3v) is 4.04. The Kier molecular flexibility index (Phi) is 3.05. The summed E-state index contributed by atoms with van der Waals surface area (Å²) in [5.74, 6) is 0. The Morgan fingerprint density at radius 1 is 1.21 bits per heavy atom. The lowest BCUT2D eigenvalue weighted by Gasteiger charge is -2.05. The van der Waals surface area contributed by atoms with Crippen LogP contribution in [-0.4, -0.2) is 4.98 Å². The average molecular weight is 290 g/mol. The van der Waals surface area contributed by atoms with Crippen LogP contribution in [0.2, 0.25) is 5.02 Å². The number of aromatic nitrogens is 1. The molecule has 5 heteroatoms. The van der Waals surface area contributed by atoms with Crippen LogP contribution in [0.15, 0.2) is 36.4 Å². The van der Waals surface area contributed by atoms with Crippen molar-refractivity contribution >= 4 is 49.7 Å². The van der Waals surface area contributed by atoms with Crippen molar-refractivity contribution in [3.05, 3.63) is 47.0 Å². The van der Waals surface area contributed by atoms with Gasteiger partial charge in [0.25, 0.3) is 0 Å². The molecule has 0 aliphatic heterocycles. The van der Waals surface area contributed by atoms with Crippen molar-refractivity contribution in [2.24, 2.45) is 0 Å². The van der Waals surface area contributed by atoms with Crippen molar-refractivity contribution in [1.82, 2.24) is 4.98 Å². The third kappa shape index (κ3) is 2.50. The average Bonchev–Trinajstić information content (AvgIpc) is 2.75. The highest BCUT2D eigenvalue weighted by molar-refractivity contribution is 7.22. The normalized spacial score (nSPS) is 10.8. The fourth-order valence-electron chi connectivity index (χ4n) is 1.84. The predicted octanol–water partition coefficient (Wildman–Crippen LogP) is 4.58. The first-order valence-electron chi connectivity index (χ1n) is 5.81. The highest BCUT2D eigenvalue weighted by atomic mass is 35.5. The Balaban J connectivity index is 1.98. The molecule has 3 rings (SSSR count). The second-order valence-corrected chi connectivity index (χ2v) is 5.79.